The highest BCUT2D eigenvalue weighted by Crippen LogP contribution is 2.30. The van der Waals surface area contributed by atoms with Crippen LogP contribution in [0.25, 0.3) is 11.1 Å². The van der Waals surface area contributed by atoms with Crippen LogP contribution < -0.4 is 13.8 Å². The molecule has 0 fully saturated rings. The van der Waals surface area contributed by atoms with Crippen molar-refractivity contribution < 1.29 is 17.9 Å². The molecule has 6 heteroatoms. The lowest BCUT2D eigenvalue weighted by Gasteiger charge is -2.20. The fraction of sp³-hybridized carbons (Fsp3) is 0.143. The van der Waals surface area contributed by atoms with E-state index >= 15 is 0 Å². The predicted octanol–water partition coefficient (Wildman–Crippen LogP) is 4.20. The van der Waals surface area contributed by atoms with E-state index in [0.29, 0.717) is 11.4 Å². The molecule has 0 aromatic heterocycles. The zero-order valence-corrected chi connectivity index (χ0v) is 16.2. The SMILES string of the molecule is COc1cccc(-c2cccc(N(C)S(=O)(=O)c3cccc(OC)c3)c2)c1. The minimum absolute atomic E-state index is 0.177. The zero-order chi connectivity index (χ0) is 19.4. The van der Waals surface area contributed by atoms with Gasteiger partial charge in [-0.2, -0.15) is 0 Å². The molecule has 5 nitrogen and oxygen atoms in total. The number of rotatable bonds is 6. The lowest BCUT2D eigenvalue weighted by atomic mass is 10.0. The second-order valence-electron chi connectivity index (χ2n) is 5.93. The minimum Gasteiger partial charge on any atom is -0.497 e. The lowest BCUT2D eigenvalue weighted by Crippen LogP contribution is -2.26. The molecule has 3 rings (SSSR count). The molecule has 0 saturated carbocycles. The van der Waals surface area contributed by atoms with E-state index in [1.807, 2.05) is 42.5 Å². The summed E-state index contributed by atoms with van der Waals surface area (Å²) in [4.78, 5) is 0.177. The number of sulfonamides is 1. The standard InChI is InChI=1S/C21H21NO4S/c1-22(27(23,24)21-12-6-11-20(15-21)26-3)18-9-4-7-16(13-18)17-8-5-10-19(14-17)25-2/h4-15H,1-3H3. The molecule has 3 aromatic rings. The van der Waals surface area contributed by atoms with Crippen LogP contribution in [0.15, 0.2) is 77.7 Å². The third-order valence-electron chi connectivity index (χ3n) is 4.31. The van der Waals surface area contributed by atoms with Gasteiger partial charge < -0.3 is 9.47 Å². The minimum atomic E-state index is -3.71. The van der Waals surface area contributed by atoms with Crippen molar-refractivity contribution in [3.63, 3.8) is 0 Å². The van der Waals surface area contributed by atoms with Gasteiger partial charge in [-0.05, 0) is 47.5 Å². The maximum Gasteiger partial charge on any atom is 0.264 e. The predicted molar refractivity (Wildman–Crippen MR) is 107 cm³/mol. The van der Waals surface area contributed by atoms with Gasteiger partial charge in [0.2, 0.25) is 0 Å². The van der Waals surface area contributed by atoms with Crippen LogP contribution in [0.1, 0.15) is 0 Å². The van der Waals surface area contributed by atoms with E-state index in [2.05, 4.69) is 0 Å². The fourth-order valence-corrected chi connectivity index (χ4v) is 3.97. The van der Waals surface area contributed by atoms with Gasteiger partial charge in [-0.1, -0.05) is 30.3 Å². The number of ether oxygens (including phenoxy) is 2. The molecular weight excluding hydrogens is 362 g/mol. The number of hydrogen-bond acceptors (Lipinski definition) is 4. The van der Waals surface area contributed by atoms with Gasteiger partial charge in [0.05, 0.1) is 24.8 Å². The number of methoxy groups -OCH3 is 2. The third kappa shape index (κ3) is 3.90. The van der Waals surface area contributed by atoms with Gasteiger partial charge in [0.1, 0.15) is 11.5 Å². The Hall–Kier alpha value is -2.99. The van der Waals surface area contributed by atoms with Crippen LogP contribution in [-0.2, 0) is 10.0 Å². The first kappa shape index (κ1) is 18.8. The van der Waals surface area contributed by atoms with E-state index in [1.165, 1.54) is 17.5 Å². The monoisotopic (exact) mass is 383 g/mol. The Labute approximate surface area is 159 Å². The first-order valence-electron chi connectivity index (χ1n) is 8.33. The average Bonchev–Trinajstić information content (AvgIpc) is 2.73. The number of benzene rings is 3. The second kappa shape index (κ2) is 7.72. The van der Waals surface area contributed by atoms with E-state index in [9.17, 15) is 8.42 Å². The van der Waals surface area contributed by atoms with Crippen LogP contribution in [0, 0.1) is 0 Å². The molecule has 0 aliphatic heterocycles. The van der Waals surface area contributed by atoms with Gasteiger partial charge in [-0.3, -0.25) is 4.31 Å². The normalized spacial score (nSPS) is 11.1. The average molecular weight is 383 g/mol. The lowest BCUT2D eigenvalue weighted by molar-refractivity contribution is 0.413. The fourth-order valence-electron chi connectivity index (χ4n) is 2.74. The van der Waals surface area contributed by atoms with Crippen molar-refractivity contribution in [1.29, 1.82) is 0 Å². The summed E-state index contributed by atoms with van der Waals surface area (Å²) in [5.41, 5.74) is 2.42. The number of hydrogen-bond donors (Lipinski definition) is 0. The maximum atomic E-state index is 13.0. The van der Waals surface area contributed by atoms with Gasteiger partial charge in [0, 0.05) is 13.1 Å². The van der Waals surface area contributed by atoms with Crippen molar-refractivity contribution in [3.8, 4) is 22.6 Å². The molecule has 0 spiro atoms. The van der Waals surface area contributed by atoms with Crippen molar-refractivity contribution in [3.05, 3.63) is 72.8 Å². The Morgan fingerprint density at radius 2 is 1.30 bits per heavy atom. The molecule has 3 aromatic carbocycles. The van der Waals surface area contributed by atoms with E-state index in [0.717, 1.165) is 16.9 Å². The van der Waals surface area contributed by atoms with Gasteiger partial charge in [0.25, 0.3) is 10.0 Å². The number of nitrogens with zero attached hydrogens (tertiary/aromatic N) is 1. The molecule has 0 N–H and O–H groups in total. The first-order chi connectivity index (χ1) is 13.0. The summed E-state index contributed by atoms with van der Waals surface area (Å²) >= 11 is 0. The Balaban J connectivity index is 1.98. The highest BCUT2D eigenvalue weighted by atomic mass is 32.2. The highest BCUT2D eigenvalue weighted by molar-refractivity contribution is 7.92. The summed E-state index contributed by atoms with van der Waals surface area (Å²) in [5.74, 6) is 1.24. The van der Waals surface area contributed by atoms with Crippen LogP contribution in [0.5, 0.6) is 11.5 Å². The molecule has 140 valence electrons. The van der Waals surface area contributed by atoms with Crippen molar-refractivity contribution in [2.24, 2.45) is 0 Å². The quantitative estimate of drug-likeness (QED) is 0.640. The van der Waals surface area contributed by atoms with Crippen molar-refractivity contribution in [2.45, 2.75) is 4.90 Å². The molecular formula is C21H21NO4S. The Kier molecular flexibility index (Phi) is 5.37. The molecule has 0 heterocycles. The molecule has 0 saturated heterocycles. The second-order valence-corrected chi connectivity index (χ2v) is 7.90. The number of anilines is 1. The Morgan fingerprint density at radius 3 is 1.96 bits per heavy atom. The van der Waals surface area contributed by atoms with Crippen molar-refractivity contribution >= 4 is 15.7 Å². The molecule has 0 atom stereocenters. The topological polar surface area (TPSA) is 55.8 Å². The maximum absolute atomic E-state index is 13.0. The van der Waals surface area contributed by atoms with E-state index in [4.69, 9.17) is 9.47 Å². The smallest absolute Gasteiger partial charge is 0.264 e. The van der Waals surface area contributed by atoms with Crippen LogP contribution in [0.3, 0.4) is 0 Å². The van der Waals surface area contributed by atoms with Gasteiger partial charge in [-0.25, -0.2) is 8.42 Å². The molecule has 0 bridgehead atoms. The first-order valence-corrected chi connectivity index (χ1v) is 9.77. The highest BCUT2D eigenvalue weighted by Gasteiger charge is 2.22. The van der Waals surface area contributed by atoms with E-state index in [-0.39, 0.29) is 4.90 Å². The zero-order valence-electron chi connectivity index (χ0n) is 15.4. The van der Waals surface area contributed by atoms with Crippen LogP contribution in [0.4, 0.5) is 5.69 Å². The Bertz CT molecular complexity index is 1050. The van der Waals surface area contributed by atoms with Crippen LogP contribution >= 0.6 is 0 Å². The van der Waals surface area contributed by atoms with Gasteiger partial charge >= 0.3 is 0 Å². The molecule has 0 amide bonds. The van der Waals surface area contributed by atoms with Crippen molar-refractivity contribution in [2.75, 3.05) is 25.6 Å². The largest absolute Gasteiger partial charge is 0.497 e. The van der Waals surface area contributed by atoms with E-state index in [1.54, 1.807) is 38.4 Å². The molecule has 0 unspecified atom stereocenters. The summed E-state index contributed by atoms with van der Waals surface area (Å²) in [6.45, 7) is 0. The van der Waals surface area contributed by atoms with Crippen LogP contribution in [0.2, 0.25) is 0 Å². The Morgan fingerprint density at radius 1 is 0.741 bits per heavy atom. The summed E-state index contributed by atoms with van der Waals surface area (Å²) in [7, 11) is 0.956. The van der Waals surface area contributed by atoms with Gasteiger partial charge in [0.15, 0.2) is 0 Å². The van der Waals surface area contributed by atoms with Crippen molar-refractivity contribution in [1.82, 2.24) is 0 Å². The molecule has 27 heavy (non-hydrogen) atoms. The molecule has 0 aliphatic carbocycles. The third-order valence-corrected chi connectivity index (χ3v) is 6.09. The summed E-state index contributed by atoms with van der Waals surface area (Å²) in [6.07, 6.45) is 0. The molecule has 0 aliphatic rings. The van der Waals surface area contributed by atoms with E-state index < -0.39 is 10.0 Å². The summed E-state index contributed by atoms with van der Waals surface area (Å²) in [5, 5.41) is 0. The summed E-state index contributed by atoms with van der Waals surface area (Å²) in [6, 6.07) is 21.4. The van der Waals surface area contributed by atoms with Crippen LogP contribution in [-0.4, -0.2) is 29.7 Å². The van der Waals surface area contributed by atoms with Gasteiger partial charge in [-0.15, -0.1) is 0 Å². The summed E-state index contributed by atoms with van der Waals surface area (Å²) < 4.78 is 37.7. The molecule has 0 radical (unpaired) electrons.